The molecule has 0 amide bonds. The first-order valence-electron chi connectivity index (χ1n) is 6.09. The van der Waals surface area contributed by atoms with E-state index in [-0.39, 0.29) is 5.11 Å². The summed E-state index contributed by atoms with van der Waals surface area (Å²) in [5.74, 6) is 1.53. The molecule has 7 heteroatoms. The highest BCUT2D eigenvalue weighted by molar-refractivity contribution is 7.80. The van der Waals surface area contributed by atoms with E-state index in [1.165, 1.54) is 0 Å². The topological polar surface area (TPSA) is 71.3 Å². The van der Waals surface area contributed by atoms with Crippen LogP contribution < -0.4 is 26.6 Å². The lowest BCUT2D eigenvalue weighted by molar-refractivity contribution is 0.483. The van der Waals surface area contributed by atoms with Gasteiger partial charge in [-0.2, -0.15) is 0 Å². The molecule has 5 N–H and O–H groups in total. The molecule has 21 heavy (non-hydrogen) atoms. The van der Waals surface area contributed by atoms with Crippen LogP contribution in [0.2, 0.25) is 0 Å². The minimum absolute atomic E-state index is 0.116. The number of rotatable bonds is 3. The van der Waals surface area contributed by atoms with Gasteiger partial charge < -0.3 is 15.8 Å². The smallest absolute Gasteiger partial charge is 0.189 e. The van der Waals surface area contributed by atoms with Gasteiger partial charge in [-0.15, -0.1) is 0 Å². The number of para-hydroxylation sites is 1. The van der Waals surface area contributed by atoms with Gasteiger partial charge in [-0.25, -0.2) is 0 Å². The molecule has 0 bridgehead atoms. The van der Waals surface area contributed by atoms with Crippen LogP contribution >= 0.6 is 24.4 Å². The Morgan fingerprint density at radius 2 is 1.48 bits per heavy atom. The normalized spacial score (nSPS) is 9.52. The van der Waals surface area contributed by atoms with Crippen molar-refractivity contribution in [2.75, 3.05) is 5.32 Å². The van der Waals surface area contributed by atoms with Crippen LogP contribution in [0.15, 0.2) is 54.6 Å². The SMILES string of the molecule is NC(=S)NNC(=S)Nc1ccc(Oc2ccccc2)cc1. The predicted octanol–water partition coefficient (Wildman–Crippen LogP) is 2.51. The van der Waals surface area contributed by atoms with Crippen LogP contribution in [0.4, 0.5) is 5.69 Å². The number of hydrogen-bond acceptors (Lipinski definition) is 3. The largest absolute Gasteiger partial charge is 0.457 e. The number of thiocarbonyl (C=S) groups is 2. The molecule has 0 spiro atoms. The molecule has 0 aliphatic heterocycles. The Bertz CT molecular complexity index is 617. The first-order chi connectivity index (χ1) is 10.1. The number of nitrogens with one attached hydrogen (secondary N) is 3. The molecule has 0 aliphatic carbocycles. The molecule has 108 valence electrons. The maximum Gasteiger partial charge on any atom is 0.189 e. The first kappa shape index (κ1) is 15.0. The third-order valence-corrected chi connectivity index (χ3v) is 2.70. The van der Waals surface area contributed by atoms with E-state index in [0.29, 0.717) is 5.11 Å². The van der Waals surface area contributed by atoms with Crippen LogP contribution in [0.1, 0.15) is 0 Å². The summed E-state index contributed by atoms with van der Waals surface area (Å²) in [4.78, 5) is 0. The van der Waals surface area contributed by atoms with E-state index in [9.17, 15) is 0 Å². The maximum absolute atomic E-state index is 5.70. The average molecular weight is 318 g/mol. The van der Waals surface area contributed by atoms with Gasteiger partial charge in [0.2, 0.25) is 0 Å². The molecule has 2 aromatic rings. The zero-order valence-corrected chi connectivity index (χ0v) is 12.6. The van der Waals surface area contributed by atoms with Crippen molar-refractivity contribution in [3.63, 3.8) is 0 Å². The Morgan fingerprint density at radius 3 is 2.10 bits per heavy atom. The van der Waals surface area contributed by atoms with Gasteiger partial charge in [0.05, 0.1) is 0 Å². The van der Waals surface area contributed by atoms with Crippen LogP contribution in [0, 0.1) is 0 Å². The van der Waals surface area contributed by atoms with E-state index in [2.05, 4.69) is 28.4 Å². The molecule has 0 saturated carbocycles. The zero-order chi connectivity index (χ0) is 15.1. The Kier molecular flexibility index (Phi) is 5.30. The molecule has 2 rings (SSSR count). The quantitative estimate of drug-likeness (QED) is 0.512. The van der Waals surface area contributed by atoms with Gasteiger partial charge in [-0.1, -0.05) is 18.2 Å². The second-order valence-electron chi connectivity index (χ2n) is 4.01. The molecule has 0 fully saturated rings. The standard InChI is InChI=1S/C14H14N4OS2/c15-13(20)17-18-14(21)16-10-6-8-12(9-7-10)19-11-4-2-1-3-5-11/h1-9H,(H3,15,17,20)(H2,16,18,21). The summed E-state index contributed by atoms with van der Waals surface area (Å²) in [7, 11) is 0. The van der Waals surface area contributed by atoms with Gasteiger partial charge in [0.15, 0.2) is 10.2 Å². The van der Waals surface area contributed by atoms with Gasteiger partial charge in [0, 0.05) is 5.69 Å². The third kappa shape index (κ3) is 5.25. The van der Waals surface area contributed by atoms with Crippen molar-refractivity contribution in [3.05, 3.63) is 54.6 Å². The number of anilines is 1. The fourth-order valence-electron chi connectivity index (χ4n) is 1.51. The molecule has 2 aromatic carbocycles. The predicted molar refractivity (Wildman–Crippen MR) is 92.2 cm³/mol. The lowest BCUT2D eigenvalue weighted by Crippen LogP contribution is -2.46. The van der Waals surface area contributed by atoms with Gasteiger partial charge in [0.1, 0.15) is 11.5 Å². The van der Waals surface area contributed by atoms with Crippen LogP contribution in [0.3, 0.4) is 0 Å². The van der Waals surface area contributed by atoms with Crippen LogP contribution in [0.5, 0.6) is 11.5 Å². The first-order valence-corrected chi connectivity index (χ1v) is 6.90. The molecule has 0 unspecified atom stereocenters. The molecule has 0 aliphatic rings. The number of benzene rings is 2. The number of nitrogens with two attached hydrogens (primary N) is 1. The summed E-state index contributed by atoms with van der Waals surface area (Å²) in [5, 5.41) is 3.45. The maximum atomic E-state index is 5.70. The van der Waals surface area contributed by atoms with Crippen molar-refractivity contribution >= 4 is 40.3 Å². The Balaban J connectivity index is 1.90. The molecule has 5 nitrogen and oxygen atoms in total. The number of hydrogen-bond donors (Lipinski definition) is 4. The number of hydrazine groups is 1. The highest BCUT2D eigenvalue weighted by atomic mass is 32.1. The van der Waals surface area contributed by atoms with Crippen LogP contribution in [0.25, 0.3) is 0 Å². The summed E-state index contributed by atoms with van der Waals surface area (Å²) < 4.78 is 5.70. The van der Waals surface area contributed by atoms with E-state index < -0.39 is 0 Å². The lowest BCUT2D eigenvalue weighted by Gasteiger charge is -2.11. The molecular weight excluding hydrogens is 304 g/mol. The fraction of sp³-hybridized carbons (Fsp3) is 0. The monoisotopic (exact) mass is 318 g/mol. The van der Waals surface area contributed by atoms with Crippen molar-refractivity contribution < 1.29 is 4.74 Å². The molecule has 0 atom stereocenters. The van der Waals surface area contributed by atoms with E-state index >= 15 is 0 Å². The Hall–Kier alpha value is -2.38. The molecule has 0 saturated heterocycles. The van der Waals surface area contributed by atoms with Gasteiger partial charge in [0.25, 0.3) is 0 Å². The van der Waals surface area contributed by atoms with E-state index in [1.807, 2.05) is 54.6 Å². The summed E-state index contributed by atoms with van der Waals surface area (Å²) >= 11 is 9.72. The minimum atomic E-state index is 0.116. The third-order valence-electron chi connectivity index (χ3n) is 2.39. The number of ether oxygens (including phenoxy) is 1. The van der Waals surface area contributed by atoms with Crippen molar-refractivity contribution in [2.45, 2.75) is 0 Å². The fourth-order valence-corrected chi connectivity index (χ4v) is 1.73. The second-order valence-corrected chi connectivity index (χ2v) is 4.86. The summed E-state index contributed by atoms with van der Waals surface area (Å²) in [6.45, 7) is 0. The van der Waals surface area contributed by atoms with E-state index in [1.54, 1.807) is 0 Å². The zero-order valence-electron chi connectivity index (χ0n) is 11.0. The second kappa shape index (κ2) is 7.41. The van der Waals surface area contributed by atoms with E-state index in [4.69, 9.17) is 22.7 Å². The highest BCUT2D eigenvalue weighted by Gasteiger charge is 1.99. The van der Waals surface area contributed by atoms with Crippen molar-refractivity contribution in [2.24, 2.45) is 5.73 Å². The Labute approximate surface area is 133 Å². The molecular formula is C14H14N4OS2. The average Bonchev–Trinajstić information content (AvgIpc) is 2.48. The summed E-state index contributed by atoms with van der Waals surface area (Å²) in [5.41, 5.74) is 11.3. The Morgan fingerprint density at radius 1 is 0.857 bits per heavy atom. The van der Waals surface area contributed by atoms with Crippen molar-refractivity contribution in [1.82, 2.24) is 10.9 Å². The van der Waals surface area contributed by atoms with Gasteiger partial charge in [-0.05, 0) is 60.8 Å². The van der Waals surface area contributed by atoms with Crippen molar-refractivity contribution in [3.8, 4) is 11.5 Å². The van der Waals surface area contributed by atoms with Crippen LogP contribution in [-0.2, 0) is 0 Å². The molecule has 0 radical (unpaired) electrons. The lowest BCUT2D eigenvalue weighted by atomic mass is 10.3. The highest BCUT2D eigenvalue weighted by Crippen LogP contribution is 2.22. The molecule has 0 heterocycles. The van der Waals surface area contributed by atoms with Crippen molar-refractivity contribution in [1.29, 1.82) is 0 Å². The van der Waals surface area contributed by atoms with Gasteiger partial charge in [-0.3, -0.25) is 10.9 Å². The summed E-state index contributed by atoms with van der Waals surface area (Å²) in [6.07, 6.45) is 0. The molecule has 0 aromatic heterocycles. The van der Waals surface area contributed by atoms with Gasteiger partial charge >= 0.3 is 0 Å². The van der Waals surface area contributed by atoms with Crippen LogP contribution in [-0.4, -0.2) is 10.2 Å². The summed E-state index contributed by atoms with van der Waals surface area (Å²) in [6, 6.07) is 17.0. The minimum Gasteiger partial charge on any atom is -0.457 e. The van der Waals surface area contributed by atoms with E-state index in [0.717, 1.165) is 17.2 Å².